The first kappa shape index (κ1) is 62.7. The number of aliphatic hydroxyl groups excluding tert-OH is 2. The maximum atomic E-state index is 14.6. The molecule has 93 heavy (non-hydrogen) atoms. The van der Waals surface area contributed by atoms with Crippen LogP contribution in [0.1, 0.15) is 117 Å². The van der Waals surface area contributed by atoms with E-state index in [1.807, 2.05) is 61.4 Å². The fourth-order valence-electron chi connectivity index (χ4n) is 14.0. The highest BCUT2D eigenvalue weighted by Crippen LogP contribution is 2.53. The third-order valence-corrected chi connectivity index (χ3v) is 19.0. The zero-order chi connectivity index (χ0) is 64.7. The van der Waals surface area contributed by atoms with E-state index in [2.05, 4.69) is 29.9 Å². The van der Waals surface area contributed by atoms with E-state index in [1.54, 1.807) is 71.4 Å². The lowest BCUT2D eigenvalue weighted by molar-refractivity contribution is -0.214. The van der Waals surface area contributed by atoms with Gasteiger partial charge in [0.05, 0.1) is 36.0 Å². The number of anilines is 2. The van der Waals surface area contributed by atoms with Gasteiger partial charge >= 0.3 is 0 Å². The number of nitrogens with zero attached hydrogens (tertiary/aromatic N) is 9. The summed E-state index contributed by atoms with van der Waals surface area (Å²) in [6.07, 6.45) is -4.41. The Balaban J connectivity index is 0.000000116. The van der Waals surface area contributed by atoms with Crippen LogP contribution in [0.5, 0.6) is 0 Å². The minimum atomic E-state index is -1.33. The molecule has 0 aliphatic carbocycles. The Morgan fingerprint density at radius 1 is 0.430 bits per heavy atom. The molecule has 14 heterocycles. The number of nitrogens with two attached hydrogens (primary N) is 2. The van der Waals surface area contributed by atoms with Crippen molar-refractivity contribution in [3.63, 3.8) is 0 Å². The highest BCUT2D eigenvalue weighted by Gasteiger charge is 2.61. The van der Waals surface area contributed by atoms with Crippen LogP contribution >= 0.6 is 46.4 Å². The second kappa shape index (κ2) is 24.0. The van der Waals surface area contributed by atoms with Crippen LogP contribution in [-0.2, 0) is 47.4 Å². The van der Waals surface area contributed by atoms with Gasteiger partial charge < -0.3 is 82.8 Å². The molecular formula is C63H60Cl4F3N11O12. The summed E-state index contributed by atoms with van der Waals surface area (Å²) < 4.78 is 110. The molecule has 23 nitrogen and oxygen atoms in total. The quantitative estimate of drug-likeness (QED) is 0.113. The molecule has 8 aliphatic heterocycles. The summed E-state index contributed by atoms with van der Waals surface area (Å²) in [7, 11) is 0. The second-order valence-corrected chi connectivity index (χ2v) is 26.3. The maximum absolute atomic E-state index is 14.6. The average Bonchev–Trinajstić information content (AvgIpc) is 1.60. The van der Waals surface area contributed by atoms with Crippen molar-refractivity contribution < 1.29 is 70.8 Å². The molecule has 30 heteroatoms. The molecule has 0 radical (unpaired) electrons. The molecule has 8 aliphatic rings. The summed E-state index contributed by atoms with van der Waals surface area (Å²) in [4.78, 5) is 25.0. The van der Waals surface area contributed by atoms with Gasteiger partial charge in [0.15, 0.2) is 30.3 Å². The van der Waals surface area contributed by atoms with E-state index >= 15 is 0 Å². The molecule has 6 aromatic heterocycles. The number of hydrogen-bond acceptors (Lipinski definition) is 20. The average molecular weight is 1360 g/mol. The number of halogens is 7. The van der Waals surface area contributed by atoms with Gasteiger partial charge in [-0.2, -0.15) is 0 Å². The predicted octanol–water partition coefficient (Wildman–Crippen LogP) is 10.9. The van der Waals surface area contributed by atoms with E-state index in [0.717, 1.165) is 5.39 Å². The van der Waals surface area contributed by atoms with Crippen molar-refractivity contribution in [3.8, 4) is 0 Å². The third kappa shape index (κ3) is 11.1. The lowest BCUT2D eigenvalue weighted by atomic mass is 9.91. The summed E-state index contributed by atoms with van der Waals surface area (Å²) in [6, 6.07) is 20.6. The van der Waals surface area contributed by atoms with Crippen molar-refractivity contribution in [1.29, 1.82) is 0 Å². The largest absolute Gasteiger partial charge is 0.387 e. The molecule has 488 valence electrons. The lowest BCUT2D eigenvalue weighted by Gasteiger charge is -2.34. The molecular weight excluding hydrogens is 1300 g/mol. The van der Waals surface area contributed by atoms with Gasteiger partial charge in [-0.05, 0) is 116 Å². The summed E-state index contributed by atoms with van der Waals surface area (Å²) in [5.74, 6) is -0.939. The summed E-state index contributed by atoms with van der Waals surface area (Å²) in [6.45, 7) is 7.08. The summed E-state index contributed by atoms with van der Waals surface area (Å²) >= 11 is 24.5. The van der Waals surface area contributed by atoms with Crippen LogP contribution in [0.15, 0.2) is 110 Å². The van der Waals surface area contributed by atoms with E-state index in [9.17, 15) is 23.4 Å². The molecule has 0 unspecified atom stereocenters. The monoisotopic (exact) mass is 1360 g/mol. The number of ether oxygens (including phenoxy) is 10. The Bertz CT molecular complexity index is 4160. The smallest absolute Gasteiger partial charge is 0.164 e. The number of aromatic nitrogens is 9. The predicted molar refractivity (Wildman–Crippen MR) is 330 cm³/mol. The first-order valence-corrected chi connectivity index (χ1v) is 31.4. The molecule has 6 N–H and O–H groups in total. The van der Waals surface area contributed by atoms with Crippen molar-refractivity contribution in [3.05, 3.63) is 164 Å². The number of benzene rings is 3. The normalized spacial score (nSPS) is 32.9. The van der Waals surface area contributed by atoms with Gasteiger partial charge in [-0.3, -0.25) is 0 Å². The lowest BCUT2D eigenvalue weighted by Crippen LogP contribution is -2.38. The van der Waals surface area contributed by atoms with Crippen molar-refractivity contribution in [2.45, 2.75) is 150 Å². The van der Waals surface area contributed by atoms with Crippen molar-refractivity contribution in [1.82, 2.24) is 43.6 Å². The topological polar surface area (TPSA) is 277 Å². The van der Waals surface area contributed by atoms with Gasteiger partial charge in [0.2, 0.25) is 0 Å². The van der Waals surface area contributed by atoms with Crippen LogP contribution in [-0.4, -0.2) is 140 Å². The Hall–Kier alpha value is -6.41. The third-order valence-electron chi connectivity index (χ3n) is 18.0. The van der Waals surface area contributed by atoms with Crippen molar-refractivity contribution in [2.24, 2.45) is 0 Å². The Labute approximate surface area is 547 Å². The zero-order valence-electron chi connectivity index (χ0n) is 49.7. The van der Waals surface area contributed by atoms with Gasteiger partial charge in [0, 0.05) is 33.7 Å². The number of fused-ring (bicyclic) bond motifs is 8. The molecule has 5 fully saturated rings. The molecule has 0 amide bonds. The summed E-state index contributed by atoms with van der Waals surface area (Å²) in [5.41, 5.74) is 17.0. The van der Waals surface area contributed by atoms with Crippen LogP contribution in [0.4, 0.5) is 24.8 Å². The fourth-order valence-corrected chi connectivity index (χ4v) is 14.7. The highest BCUT2D eigenvalue weighted by molar-refractivity contribution is 6.34. The highest BCUT2D eigenvalue weighted by atomic mass is 35.5. The summed E-state index contributed by atoms with van der Waals surface area (Å²) in [5, 5.41) is 25.2. The van der Waals surface area contributed by atoms with E-state index in [1.165, 1.54) is 19.0 Å². The number of alkyl halides is 3. The number of aliphatic hydroxyl groups is 2. The molecule has 5 saturated heterocycles. The van der Waals surface area contributed by atoms with Crippen LogP contribution in [0.3, 0.4) is 0 Å². The van der Waals surface area contributed by atoms with E-state index in [4.69, 9.17) is 105 Å². The second-order valence-electron chi connectivity index (χ2n) is 24.6. The van der Waals surface area contributed by atoms with E-state index < -0.39 is 122 Å². The fraction of sp³-hybridized carbons (Fsp3) is 0.429. The van der Waals surface area contributed by atoms with Crippen molar-refractivity contribution in [2.75, 3.05) is 31.3 Å². The van der Waals surface area contributed by atoms with Gasteiger partial charge in [-0.1, -0.05) is 64.6 Å². The van der Waals surface area contributed by atoms with E-state index in [-0.39, 0.29) is 19.8 Å². The van der Waals surface area contributed by atoms with Crippen molar-refractivity contribution >= 4 is 91.1 Å². The molecule has 0 bridgehead atoms. The minimum Gasteiger partial charge on any atom is -0.387 e. The molecule has 18 atom stereocenters. The minimum absolute atomic E-state index is 0.0830. The SMILES string of the molecule is CC1(C)O[C@H]2[C@@H](O1)[C@H](n1ccc3c(Cl)ncnc31)O[C@@H]2[C@@H]1OC[C@@H](F)c2cc(Cl)ccc21.CC1(C)O[C@H]2[C@@H](O1)[C@H](n1ccc3c(N)ncnc31)O[C@@H]2[C@@H]1OC[C@@H](F)c2cc(Cl)ccc21.Nc1ncnc2c1ccn2[C@@H]1O[C@H]([C@@H]2OC[C@@H](F)c3cc(Cl)ccc32)[C@@H](O)[C@H]1O. The first-order chi connectivity index (χ1) is 44.6. The Morgan fingerprint density at radius 2 is 0.785 bits per heavy atom. The number of nitrogen functional groups attached to an aromatic ring is 2. The van der Waals surface area contributed by atoms with Crippen LogP contribution in [0.25, 0.3) is 33.1 Å². The van der Waals surface area contributed by atoms with Crippen LogP contribution < -0.4 is 11.5 Å². The van der Waals surface area contributed by atoms with Gasteiger partial charge in [-0.15, -0.1) is 0 Å². The first-order valence-electron chi connectivity index (χ1n) is 29.9. The molecule has 17 rings (SSSR count). The molecule has 0 spiro atoms. The zero-order valence-corrected chi connectivity index (χ0v) is 52.7. The number of rotatable bonds is 6. The van der Waals surface area contributed by atoms with Crippen LogP contribution in [0, 0.1) is 0 Å². The number of hydrogen-bond donors (Lipinski definition) is 4. The molecule has 0 saturated carbocycles. The van der Waals surface area contributed by atoms with Gasteiger partial charge in [0.1, 0.15) is 144 Å². The van der Waals surface area contributed by atoms with Gasteiger partial charge in [0.25, 0.3) is 0 Å². The molecule has 9 aromatic rings. The van der Waals surface area contributed by atoms with Crippen LogP contribution in [0.2, 0.25) is 20.2 Å². The standard InChI is InChI=1S/C22H20Cl2FN3O4.C22H22ClFN4O4.C19H18ClFN4O4/c1-22(2)31-17-16(15-11-4-3-10(23)7-13(11)14(25)8-29-15)30-21(18(17)32-22)28-6-5-12-19(24)26-9-27-20(12)28;1-22(2)31-17-16(15-11-4-3-10(23)7-13(11)14(24)8-29-15)30-21(18(17)32-22)28-6-5-12-19(25)26-9-27-20(12)28;20-8-1-2-9-11(5-8)12(21)6-28-15(9)16-13(26)14(27)19(29-16)25-4-3-10-17(22)23-7-24-18(10)25/h3-7,9,14-18,21H,8H2,1-2H3;3-7,9,14-18,21H,8H2,1-2H3,(H2,25,26,27);1-5,7,12-16,19,26-27H,6H2,(H2,22,23,24)/t2*14-,15-,16-,17-,18-,21-;12-,13+,14-,15-,16+,19-/m111/s1. The molecule has 3 aromatic carbocycles. The Kier molecular flexibility index (Phi) is 16.2. The Morgan fingerprint density at radius 3 is 1.22 bits per heavy atom. The van der Waals surface area contributed by atoms with Gasteiger partial charge in [-0.25, -0.2) is 43.1 Å². The maximum Gasteiger partial charge on any atom is 0.164 e. The van der Waals surface area contributed by atoms with E-state index in [0.29, 0.717) is 93.0 Å².